The Morgan fingerprint density at radius 3 is 2.38 bits per heavy atom. The van der Waals surface area contributed by atoms with E-state index < -0.39 is 24.8 Å². The van der Waals surface area contributed by atoms with E-state index in [4.69, 9.17) is 5.11 Å². The number of carbonyl (C=O) groups is 1. The van der Waals surface area contributed by atoms with Crippen LogP contribution in [0.1, 0.15) is 5.56 Å². The smallest absolute Gasteiger partial charge is 0.481 e. The minimum absolute atomic E-state index is 0. The van der Waals surface area contributed by atoms with Crippen LogP contribution in [0.2, 0.25) is 0 Å². The maximum absolute atomic E-state index is 12.9. The van der Waals surface area contributed by atoms with Crippen molar-refractivity contribution in [1.82, 2.24) is 5.32 Å². The third-order valence-corrected chi connectivity index (χ3v) is 3.22. The SMILES string of the molecule is O=C(O)Cc1cc(N2CCNCC2)cc([B-](F)(F)F)c1.[K+]. The molecule has 1 aromatic rings. The van der Waals surface area contributed by atoms with Crippen LogP contribution in [0.5, 0.6) is 0 Å². The molecule has 4 nitrogen and oxygen atoms in total. The number of halogens is 3. The first-order valence-electron chi connectivity index (χ1n) is 6.37. The zero-order chi connectivity index (χ0) is 14.8. The zero-order valence-corrected chi connectivity index (χ0v) is 14.9. The van der Waals surface area contributed by atoms with Gasteiger partial charge in [0.1, 0.15) is 0 Å². The van der Waals surface area contributed by atoms with Crippen molar-refractivity contribution in [2.45, 2.75) is 6.42 Å². The summed E-state index contributed by atoms with van der Waals surface area (Å²) >= 11 is 0. The molecule has 2 rings (SSSR count). The van der Waals surface area contributed by atoms with E-state index in [1.165, 1.54) is 6.07 Å². The molecule has 9 heteroatoms. The number of rotatable bonds is 4. The number of anilines is 1. The second-order valence-corrected chi connectivity index (χ2v) is 4.82. The van der Waals surface area contributed by atoms with Crippen molar-refractivity contribution in [1.29, 1.82) is 0 Å². The Hall–Kier alpha value is -0.0587. The Morgan fingerprint density at radius 1 is 1.24 bits per heavy atom. The van der Waals surface area contributed by atoms with Crippen LogP contribution in [-0.4, -0.2) is 44.2 Å². The number of nitrogens with zero attached hydrogens (tertiary/aromatic N) is 1. The fourth-order valence-corrected chi connectivity index (χ4v) is 2.27. The maximum atomic E-state index is 12.9. The first-order chi connectivity index (χ1) is 9.36. The van der Waals surface area contributed by atoms with Crippen molar-refractivity contribution in [3.05, 3.63) is 23.8 Å². The predicted molar refractivity (Wildman–Crippen MR) is 71.6 cm³/mol. The molecule has 0 aromatic heterocycles. The van der Waals surface area contributed by atoms with Crippen molar-refractivity contribution in [3.63, 3.8) is 0 Å². The Kier molecular flexibility index (Phi) is 7.22. The van der Waals surface area contributed by atoms with E-state index in [-0.39, 0.29) is 56.9 Å². The van der Waals surface area contributed by atoms with Gasteiger partial charge in [0, 0.05) is 31.9 Å². The minimum atomic E-state index is -5.14. The quantitative estimate of drug-likeness (QED) is 0.616. The summed E-state index contributed by atoms with van der Waals surface area (Å²) in [5.41, 5.74) is -0.112. The molecular formula is C12H15BF3KN2O2. The van der Waals surface area contributed by atoms with Gasteiger partial charge in [-0.2, -0.15) is 0 Å². The van der Waals surface area contributed by atoms with Crippen LogP contribution >= 0.6 is 0 Å². The van der Waals surface area contributed by atoms with Crippen LogP contribution in [-0.2, 0) is 11.2 Å². The van der Waals surface area contributed by atoms with Gasteiger partial charge in [0.25, 0.3) is 0 Å². The summed E-state index contributed by atoms with van der Waals surface area (Å²) in [4.78, 5) is 12.6. The van der Waals surface area contributed by atoms with Gasteiger partial charge in [-0.05, 0) is 11.6 Å². The third kappa shape index (κ3) is 5.57. The van der Waals surface area contributed by atoms with Crippen molar-refractivity contribution < 1.29 is 74.2 Å². The second-order valence-electron chi connectivity index (χ2n) is 4.82. The summed E-state index contributed by atoms with van der Waals surface area (Å²) in [6, 6.07) is 3.57. The van der Waals surface area contributed by atoms with Crippen LogP contribution in [0, 0.1) is 0 Å². The van der Waals surface area contributed by atoms with E-state index in [1.54, 1.807) is 0 Å². The molecule has 1 heterocycles. The van der Waals surface area contributed by atoms with E-state index in [1.807, 2.05) is 4.90 Å². The molecule has 0 aliphatic carbocycles. The van der Waals surface area contributed by atoms with Gasteiger partial charge >= 0.3 is 64.3 Å². The molecule has 1 aliphatic rings. The first-order valence-corrected chi connectivity index (χ1v) is 6.37. The molecule has 1 saturated heterocycles. The summed E-state index contributed by atoms with van der Waals surface area (Å²) < 4.78 is 38.8. The number of hydrogen-bond donors (Lipinski definition) is 2. The molecule has 0 saturated carbocycles. The Bertz CT molecular complexity index is 508. The van der Waals surface area contributed by atoms with Crippen LogP contribution in [0.4, 0.5) is 18.6 Å². The molecule has 1 fully saturated rings. The van der Waals surface area contributed by atoms with Gasteiger partial charge in [-0.1, -0.05) is 12.1 Å². The largest absolute Gasteiger partial charge is 1.00 e. The summed E-state index contributed by atoms with van der Waals surface area (Å²) in [6.45, 7) is -2.50. The van der Waals surface area contributed by atoms with Gasteiger partial charge in [0.05, 0.1) is 6.42 Å². The fraction of sp³-hybridized carbons (Fsp3) is 0.417. The molecule has 1 aromatic carbocycles. The number of carboxylic acid groups (broad SMARTS) is 1. The summed E-state index contributed by atoms with van der Waals surface area (Å²) in [5.74, 6) is -1.14. The average Bonchev–Trinajstić information content (AvgIpc) is 2.37. The van der Waals surface area contributed by atoms with Gasteiger partial charge in [-0.15, -0.1) is 5.46 Å². The monoisotopic (exact) mass is 326 g/mol. The average molecular weight is 326 g/mol. The van der Waals surface area contributed by atoms with Gasteiger partial charge in [0.15, 0.2) is 0 Å². The van der Waals surface area contributed by atoms with Gasteiger partial charge in [-0.3, -0.25) is 4.79 Å². The molecule has 1 aliphatic heterocycles. The number of hydrogen-bond acceptors (Lipinski definition) is 3. The second kappa shape index (κ2) is 7.98. The maximum Gasteiger partial charge on any atom is 1.00 e. The molecule has 0 radical (unpaired) electrons. The van der Waals surface area contributed by atoms with Gasteiger partial charge < -0.3 is 28.3 Å². The molecular weight excluding hydrogens is 311 g/mol. The summed E-state index contributed by atoms with van der Waals surface area (Å²) in [6.07, 6.45) is -0.404. The number of piperazine rings is 1. The van der Waals surface area contributed by atoms with Gasteiger partial charge in [-0.25, -0.2) is 0 Å². The third-order valence-electron chi connectivity index (χ3n) is 3.22. The molecule has 0 bridgehead atoms. The molecule has 0 spiro atoms. The molecule has 21 heavy (non-hydrogen) atoms. The van der Waals surface area contributed by atoms with Crippen LogP contribution in [0.25, 0.3) is 0 Å². The zero-order valence-electron chi connectivity index (χ0n) is 11.8. The number of nitrogens with one attached hydrogen (secondary N) is 1. The molecule has 0 atom stereocenters. The number of aliphatic carboxylic acids is 1. The summed E-state index contributed by atoms with van der Waals surface area (Å²) in [7, 11) is 0. The predicted octanol–water partition coefficient (Wildman–Crippen LogP) is -2.22. The van der Waals surface area contributed by atoms with E-state index in [2.05, 4.69) is 5.32 Å². The number of carboxylic acids is 1. The topological polar surface area (TPSA) is 52.6 Å². The van der Waals surface area contributed by atoms with Gasteiger partial charge in [0.2, 0.25) is 0 Å². The molecule has 110 valence electrons. The van der Waals surface area contributed by atoms with E-state index in [0.29, 0.717) is 31.9 Å². The van der Waals surface area contributed by atoms with Crippen LogP contribution in [0.15, 0.2) is 18.2 Å². The molecule has 0 amide bonds. The van der Waals surface area contributed by atoms with Crippen molar-refractivity contribution in [2.24, 2.45) is 0 Å². The van der Waals surface area contributed by atoms with Crippen LogP contribution < -0.4 is 67.1 Å². The number of benzene rings is 1. The summed E-state index contributed by atoms with van der Waals surface area (Å²) in [5, 5.41) is 11.9. The normalized spacial score (nSPS) is 15.5. The minimum Gasteiger partial charge on any atom is -0.481 e. The Labute approximate surface area is 163 Å². The molecule has 0 unspecified atom stereocenters. The van der Waals surface area contributed by atoms with E-state index >= 15 is 0 Å². The first kappa shape index (κ1) is 19.0. The van der Waals surface area contributed by atoms with Crippen molar-refractivity contribution in [2.75, 3.05) is 31.1 Å². The Balaban J connectivity index is 0.00000220. The standard InChI is InChI=1S/C12H15BF3N2O2.K/c14-13(15,16)10-5-9(7-12(19)20)6-11(8-10)18-3-1-17-2-4-18;/h5-6,8,17H,1-4,7H2,(H,19,20);/q-1;+1. The Morgan fingerprint density at radius 2 is 1.86 bits per heavy atom. The van der Waals surface area contributed by atoms with E-state index in [9.17, 15) is 17.7 Å². The van der Waals surface area contributed by atoms with Crippen LogP contribution in [0.3, 0.4) is 0 Å². The van der Waals surface area contributed by atoms with Crippen molar-refractivity contribution in [3.8, 4) is 0 Å². The fourth-order valence-electron chi connectivity index (χ4n) is 2.27. The van der Waals surface area contributed by atoms with Crippen molar-refractivity contribution >= 4 is 24.1 Å². The molecule has 2 N–H and O–H groups in total. The van der Waals surface area contributed by atoms with E-state index in [0.717, 1.165) is 12.1 Å².